The molecule has 8 heteroatoms. The van der Waals surface area contributed by atoms with Gasteiger partial charge in [0.25, 0.3) is 5.91 Å². The van der Waals surface area contributed by atoms with Crippen LogP contribution in [-0.2, 0) is 30.4 Å². The summed E-state index contributed by atoms with van der Waals surface area (Å²) < 4.78 is 10.3. The molecule has 1 amide bonds. The summed E-state index contributed by atoms with van der Waals surface area (Å²) in [7, 11) is 3.89. The Morgan fingerprint density at radius 2 is 1.77 bits per heavy atom. The van der Waals surface area contributed by atoms with Gasteiger partial charge >= 0.3 is 5.97 Å². The van der Waals surface area contributed by atoms with E-state index in [1.165, 1.54) is 0 Å². The zero-order chi connectivity index (χ0) is 21.5. The lowest BCUT2D eigenvalue weighted by molar-refractivity contribution is -0.145. The zero-order valence-electron chi connectivity index (χ0n) is 16.8. The molecule has 0 aliphatic carbocycles. The van der Waals surface area contributed by atoms with E-state index in [9.17, 15) is 14.4 Å². The molecule has 156 valence electrons. The van der Waals surface area contributed by atoms with Gasteiger partial charge in [-0.2, -0.15) is 0 Å². The normalized spacial score (nSPS) is 12.9. The van der Waals surface area contributed by atoms with E-state index in [-0.39, 0.29) is 18.1 Å². The third kappa shape index (κ3) is 5.38. The van der Waals surface area contributed by atoms with Gasteiger partial charge in [0.05, 0.1) is 0 Å². The van der Waals surface area contributed by atoms with E-state index in [1.54, 1.807) is 24.3 Å². The number of ketones is 1. The molecular weight excluding hydrogens is 386 g/mol. The van der Waals surface area contributed by atoms with E-state index < -0.39 is 24.3 Å². The lowest BCUT2D eigenvalue weighted by Gasteiger charge is -2.13. The molecular formula is C22H23N3O5. The Bertz CT molecular complexity index is 952. The van der Waals surface area contributed by atoms with Crippen molar-refractivity contribution >= 4 is 29.0 Å². The van der Waals surface area contributed by atoms with Crippen LogP contribution >= 0.6 is 0 Å². The van der Waals surface area contributed by atoms with Crippen LogP contribution < -0.4 is 15.5 Å². The molecule has 0 aromatic heterocycles. The minimum absolute atomic E-state index is 0.0255. The molecule has 0 saturated heterocycles. The van der Waals surface area contributed by atoms with Gasteiger partial charge in [0.15, 0.2) is 18.8 Å². The standard InChI is InChI=1S/C22H23N3O5/c1-25(2)17-10-8-15(9-11-17)12-23-19(27)14-30-22(28)20-18(26)13-29-21(20)24-16-6-4-3-5-7-16/h3-11,24H,12-14H2,1-2H3,(H,23,27). The molecule has 0 fully saturated rings. The first-order valence-corrected chi connectivity index (χ1v) is 9.36. The van der Waals surface area contributed by atoms with Crippen molar-refractivity contribution in [1.82, 2.24) is 5.32 Å². The van der Waals surface area contributed by atoms with Gasteiger partial charge in [-0.3, -0.25) is 9.59 Å². The Hall–Kier alpha value is -3.81. The van der Waals surface area contributed by atoms with Gasteiger partial charge in [0.2, 0.25) is 11.7 Å². The molecule has 0 unspecified atom stereocenters. The van der Waals surface area contributed by atoms with Gasteiger partial charge in [-0.1, -0.05) is 30.3 Å². The molecule has 8 nitrogen and oxygen atoms in total. The minimum Gasteiger partial charge on any atom is -0.470 e. The van der Waals surface area contributed by atoms with Crippen LogP contribution in [0.25, 0.3) is 0 Å². The third-order valence-electron chi connectivity index (χ3n) is 4.37. The van der Waals surface area contributed by atoms with Crippen molar-refractivity contribution < 1.29 is 23.9 Å². The molecule has 0 atom stereocenters. The maximum Gasteiger partial charge on any atom is 0.347 e. The van der Waals surface area contributed by atoms with E-state index in [4.69, 9.17) is 9.47 Å². The fraction of sp³-hybridized carbons (Fsp3) is 0.227. The lowest BCUT2D eigenvalue weighted by atomic mass is 10.2. The highest BCUT2D eigenvalue weighted by Gasteiger charge is 2.32. The molecule has 1 aliphatic heterocycles. The number of anilines is 2. The van der Waals surface area contributed by atoms with E-state index in [0.717, 1.165) is 11.3 Å². The SMILES string of the molecule is CN(C)c1ccc(CNC(=O)COC(=O)C2=C(Nc3ccccc3)OCC2=O)cc1. The summed E-state index contributed by atoms with van der Waals surface area (Å²) in [6.45, 7) is -0.450. The fourth-order valence-corrected chi connectivity index (χ4v) is 2.73. The highest BCUT2D eigenvalue weighted by atomic mass is 16.5. The lowest BCUT2D eigenvalue weighted by Crippen LogP contribution is -2.29. The van der Waals surface area contributed by atoms with Crippen molar-refractivity contribution in [3.8, 4) is 0 Å². The maximum absolute atomic E-state index is 12.3. The molecule has 2 aromatic carbocycles. The maximum atomic E-state index is 12.3. The van der Waals surface area contributed by atoms with Crippen molar-refractivity contribution in [1.29, 1.82) is 0 Å². The number of nitrogens with zero attached hydrogens (tertiary/aromatic N) is 1. The predicted octanol–water partition coefficient (Wildman–Crippen LogP) is 1.83. The summed E-state index contributed by atoms with van der Waals surface area (Å²) in [6.07, 6.45) is 0. The molecule has 0 saturated carbocycles. The zero-order valence-corrected chi connectivity index (χ0v) is 16.8. The van der Waals surface area contributed by atoms with Crippen LogP contribution in [0.3, 0.4) is 0 Å². The predicted molar refractivity (Wildman–Crippen MR) is 112 cm³/mol. The summed E-state index contributed by atoms with van der Waals surface area (Å²) >= 11 is 0. The quantitative estimate of drug-likeness (QED) is 0.507. The van der Waals surface area contributed by atoms with Gasteiger partial charge in [-0.05, 0) is 29.8 Å². The first kappa shape index (κ1) is 20.9. The number of ether oxygens (including phenoxy) is 2. The summed E-state index contributed by atoms with van der Waals surface area (Å²) in [4.78, 5) is 38.3. The van der Waals surface area contributed by atoms with Crippen LogP contribution in [0.2, 0.25) is 0 Å². The van der Waals surface area contributed by atoms with Gasteiger partial charge in [0.1, 0.15) is 0 Å². The van der Waals surface area contributed by atoms with Crippen molar-refractivity contribution in [2.45, 2.75) is 6.54 Å². The number of hydrogen-bond acceptors (Lipinski definition) is 7. The van der Waals surface area contributed by atoms with Crippen LogP contribution in [0.4, 0.5) is 11.4 Å². The van der Waals surface area contributed by atoms with Gasteiger partial charge in [-0.15, -0.1) is 0 Å². The summed E-state index contributed by atoms with van der Waals surface area (Å²) in [5.74, 6) is -1.84. The number of hydrogen-bond donors (Lipinski definition) is 2. The summed E-state index contributed by atoms with van der Waals surface area (Å²) in [5, 5.41) is 5.56. The van der Waals surface area contributed by atoms with Crippen molar-refractivity contribution in [2.75, 3.05) is 37.5 Å². The molecule has 30 heavy (non-hydrogen) atoms. The molecule has 2 aromatic rings. The van der Waals surface area contributed by atoms with E-state index in [0.29, 0.717) is 12.2 Å². The number of benzene rings is 2. The van der Waals surface area contributed by atoms with Crippen molar-refractivity contribution in [3.63, 3.8) is 0 Å². The smallest absolute Gasteiger partial charge is 0.347 e. The Kier molecular flexibility index (Phi) is 6.69. The molecule has 1 heterocycles. The molecule has 0 radical (unpaired) electrons. The number of rotatable bonds is 8. The summed E-state index contributed by atoms with van der Waals surface area (Å²) in [6, 6.07) is 16.7. The Morgan fingerprint density at radius 3 is 2.43 bits per heavy atom. The third-order valence-corrected chi connectivity index (χ3v) is 4.37. The molecule has 0 spiro atoms. The number of carbonyl (C=O) groups excluding carboxylic acids is 3. The second kappa shape index (κ2) is 9.60. The summed E-state index contributed by atoms with van der Waals surface area (Å²) in [5.41, 5.74) is 2.39. The fourth-order valence-electron chi connectivity index (χ4n) is 2.73. The Balaban J connectivity index is 1.52. The van der Waals surface area contributed by atoms with E-state index in [2.05, 4.69) is 10.6 Å². The number of nitrogens with one attached hydrogen (secondary N) is 2. The molecule has 3 rings (SSSR count). The topological polar surface area (TPSA) is 97.0 Å². The molecule has 0 bridgehead atoms. The minimum atomic E-state index is -0.901. The highest BCUT2D eigenvalue weighted by Crippen LogP contribution is 2.20. The first-order valence-electron chi connectivity index (χ1n) is 9.36. The number of para-hydroxylation sites is 1. The molecule has 1 aliphatic rings. The first-order chi connectivity index (χ1) is 14.4. The average Bonchev–Trinajstić information content (AvgIpc) is 3.11. The highest BCUT2D eigenvalue weighted by molar-refractivity contribution is 6.20. The monoisotopic (exact) mass is 409 g/mol. The number of esters is 1. The van der Waals surface area contributed by atoms with Gasteiger partial charge in [-0.25, -0.2) is 4.79 Å². The number of Topliss-reactive ketones (excluding diaryl/α,β-unsaturated/α-hetero) is 1. The van der Waals surface area contributed by atoms with E-state index >= 15 is 0 Å². The van der Waals surface area contributed by atoms with Gasteiger partial charge in [0, 0.05) is 32.0 Å². The van der Waals surface area contributed by atoms with Crippen molar-refractivity contribution in [2.24, 2.45) is 0 Å². The van der Waals surface area contributed by atoms with E-state index in [1.807, 2.05) is 49.3 Å². The number of carbonyl (C=O) groups is 3. The van der Waals surface area contributed by atoms with Crippen LogP contribution in [0.1, 0.15) is 5.56 Å². The number of amides is 1. The Labute approximate surface area is 174 Å². The molecule has 2 N–H and O–H groups in total. The van der Waals surface area contributed by atoms with Crippen LogP contribution in [0.15, 0.2) is 66.1 Å². The van der Waals surface area contributed by atoms with Crippen LogP contribution in [-0.4, -0.2) is 45.0 Å². The second-order valence-corrected chi connectivity index (χ2v) is 6.82. The van der Waals surface area contributed by atoms with Crippen LogP contribution in [0.5, 0.6) is 0 Å². The van der Waals surface area contributed by atoms with Crippen LogP contribution in [0, 0.1) is 0 Å². The second-order valence-electron chi connectivity index (χ2n) is 6.82. The average molecular weight is 409 g/mol. The van der Waals surface area contributed by atoms with Crippen molar-refractivity contribution in [3.05, 3.63) is 71.6 Å². The largest absolute Gasteiger partial charge is 0.470 e. The Morgan fingerprint density at radius 1 is 1.07 bits per heavy atom. The van der Waals surface area contributed by atoms with Gasteiger partial charge < -0.3 is 25.0 Å².